The van der Waals surface area contributed by atoms with Crippen molar-refractivity contribution in [3.63, 3.8) is 0 Å². The Balaban J connectivity index is 1.59. The second kappa shape index (κ2) is 8.99. The first-order valence-corrected chi connectivity index (χ1v) is 9.52. The maximum Gasteiger partial charge on any atom is 0.328 e. The Kier molecular flexibility index (Phi) is 6.45. The van der Waals surface area contributed by atoms with Gasteiger partial charge in [0.05, 0.1) is 13.2 Å². The molecule has 0 saturated carbocycles. The number of amides is 2. The number of ether oxygens (including phenoxy) is 1. The molecule has 1 aromatic rings. The van der Waals surface area contributed by atoms with Crippen molar-refractivity contribution in [3.05, 3.63) is 35.9 Å². The summed E-state index contributed by atoms with van der Waals surface area (Å²) in [7, 11) is 1.29. The van der Waals surface area contributed by atoms with Gasteiger partial charge in [0, 0.05) is 19.0 Å². The van der Waals surface area contributed by atoms with Crippen LogP contribution in [0.25, 0.3) is 0 Å². The number of hydrogen-bond acceptors (Lipinski definition) is 5. The van der Waals surface area contributed by atoms with E-state index < -0.39 is 12.0 Å². The van der Waals surface area contributed by atoms with Gasteiger partial charge in [-0.1, -0.05) is 30.3 Å². The van der Waals surface area contributed by atoms with E-state index in [1.165, 1.54) is 12.7 Å². The summed E-state index contributed by atoms with van der Waals surface area (Å²) in [5.41, 5.74) is 1.20. The molecule has 2 fully saturated rings. The Morgan fingerprint density at radius 3 is 2.78 bits per heavy atom. The van der Waals surface area contributed by atoms with Gasteiger partial charge >= 0.3 is 5.97 Å². The summed E-state index contributed by atoms with van der Waals surface area (Å²) in [5, 5.41) is 8.84. The van der Waals surface area contributed by atoms with Gasteiger partial charge in [-0.05, 0) is 37.2 Å². The Labute approximate surface area is 159 Å². The second-order valence-electron chi connectivity index (χ2n) is 7.25. The Morgan fingerprint density at radius 1 is 1.30 bits per heavy atom. The van der Waals surface area contributed by atoms with Crippen molar-refractivity contribution in [1.29, 1.82) is 0 Å². The monoisotopic (exact) mass is 373 g/mol. The minimum atomic E-state index is -0.811. The fourth-order valence-electron chi connectivity index (χ4n) is 3.89. The van der Waals surface area contributed by atoms with Gasteiger partial charge in [0.15, 0.2) is 0 Å². The first kappa shape index (κ1) is 19.4. The number of carbonyl (C=O) groups excluding carboxylic acids is 3. The average Bonchev–Trinajstić information content (AvgIpc) is 3.19. The molecule has 0 unspecified atom stereocenters. The van der Waals surface area contributed by atoms with Crippen LogP contribution < -0.4 is 16.0 Å². The molecule has 0 aromatic heterocycles. The number of carbonyl (C=O) groups is 3. The molecule has 0 bridgehead atoms. The zero-order valence-corrected chi connectivity index (χ0v) is 15.6. The lowest BCUT2D eigenvalue weighted by atomic mass is 9.91. The molecule has 146 valence electrons. The molecule has 0 spiro atoms. The summed E-state index contributed by atoms with van der Waals surface area (Å²) >= 11 is 0. The molecule has 7 nitrogen and oxygen atoms in total. The van der Waals surface area contributed by atoms with Gasteiger partial charge in [0.1, 0.15) is 6.04 Å². The fourth-order valence-corrected chi connectivity index (χ4v) is 3.89. The van der Waals surface area contributed by atoms with E-state index in [4.69, 9.17) is 4.74 Å². The molecule has 1 aromatic carbocycles. The summed E-state index contributed by atoms with van der Waals surface area (Å²) in [6, 6.07) is 8.91. The van der Waals surface area contributed by atoms with Crippen LogP contribution in [-0.4, -0.2) is 50.1 Å². The third-order valence-electron chi connectivity index (χ3n) is 5.44. The number of benzene rings is 1. The van der Waals surface area contributed by atoms with E-state index in [1.807, 2.05) is 18.2 Å². The van der Waals surface area contributed by atoms with Gasteiger partial charge in [-0.25, -0.2) is 4.79 Å². The predicted molar refractivity (Wildman–Crippen MR) is 99.9 cm³/mol. The van der Waals surface area contributed by atoms with E-state index in [9.17, 15) is 14.4 Å². The predicted octanol–water partition coefficient (Wildman–Crippen LogP) is 0.706. The van der Waals surface area contributed by atoms with Crippen molar-refractivity contribution < 1.29 is 19.1 Å². The van der Waals surface area contributed by atoms with E-state index in [-0.39, 0.29) is 36.1 Å². The van der Waals surface area contributed by atoms with Gasteiger partial charge in [0.25, 0.3) is 0 Å². The standard InChI is InChI=1S/C20H27N3O4/c1-27-20(26)17(10-14-8-5-9-21-18(14)24)23-19(25)16-11-15(12-22-16)13-6-3-2-4-7-13/h2-4,6-7,14-17,22H,5,8-12H2,1H3,(H,21,24)(H,23,25)/t14-,15+,16-,17-/m0/s1. The Morgan fingerprint density at radius 2 is 2.07 bits per heavy atom. The molecule has 27 heavy (non-hydrogen) atoms. The van der Waals surface area contributed by atoms with Crippen LogP contribution in [-0.2, 0) is 19.1 Å². The van der Waals surface area contributed by atoms with Crippen LogP contribution in [0.3, 0.4) is 0 Å². The molecule has 4 atom stereocenters. The SMILES string of the molecule is COC(=O)[C@H](C[C@@H]1CCCNC1=O)NC(=O)[C@@H]1C[C@@H](c2ccccc2)CN1. The summed E-state index contributed by atoms with van der Waals surface area (Å²) in [4.78, 5) is 36.8. The van der Waals surface area contributed by atoms with E-state index in [0.717, 1.165) is 13.0 Å². The highest BCUT2D eigenvalue weighted by Crippen LogP contribution is 2.26. The Bertz CT molecular complexity index is 679. The lowest BCUT2D eigenvalue weighted by molar-refractivity contribution is -0.146. The maximum absolute atomic E-state index is 12.7. The number of piperidine rings is 1. The average molecular weight is 373 g/mol. The molecule has 0 aliphatic carbocycles. The van der Waals surface area contributed by atoms with Crippen molar-refractivity contribution in [1.82, 2.24) is 16.0 Å². The van der Waals surface area contributed by atoms with Gasteiger partial charge in [-0.15, -0.1) is 0 Å². The molecule has 2 amide bonds. The number of esters is 1. The third kappa shape index (κ3) is 4.86. The summed E-state index contributed by atoms with van der Waals surface area (Å²) in [6.45, 7) is 1.38. The van der Waals surface area contributed by atoms with Crippen LogP contribution in [0.1, 0.15) is 37.2 Å². The van der Waals surface area contributed by atoms with Crippen molar-refractivity contribution in [3.8, 4) is 0 Å². The van der Waals surface area contributed by atoms with Crippen LogP contribution in [0.5, 0.6) is 0 Å². The van der Waals surface area contributed by atoms with Crippen molar-refractivity contribution in [2.75, 3.05) is 20.2 Å². The van der Waals surface area contributed by atoms with Crippen LogP contribution in [0.4, 0.5) is 0 Å². The smallest absolute Gasteiger partial charge is 0.328 e. The summed E-state index contributed by atoms with van der Waals surface area (Å²) in [6.07, 6.45) is 2.53. The first-order valence-electron chi connectivity index (χ1n) is 9.52. The van der Waals surface area contributed by atoms with E-state index in [1.54, 1.807) is 0 Å². The highest BCUT2D eigenvalue weighted by atomic mass is 16.5. The van der Waals surface area contributed by atoms with Crippen LogP contribution in [0.2, 0.25) is 0 Å². The van der Waals surface area contributed by atoms with E-state index in [0.29, 0.717) is 19.4 Å². The minimum Gasteiger partial charge on any atom is -0.467 e. The van der Waals surface area contributed by atoms with Gasteiger partial charge < -0.3 is 20.7 Å². The molecule has 2 saturated heterocycles. The highest BCUT2D eigenvalue weighted by Gasteiger charge is 2.35. The zero-order valence-electron chi connectivity index (χ0n) is 15.6. The fraction of sp³-hybridized carbons (Fsp3) is 0.550. The normalized spacial score (nSPS) is 26.1. The van der Waals surface area contributed by atoms with Gasteiger partial charge in [-0.3, -0.25) is 9.59 Å². The maximum atomic E-state index is 12.7. The van der Waals surface area contributed by atoms with Gasteiger partial charge in [-0.2, -0.15) is 0 Å². The van der Waals surface area contributed by atoms with Crippen molar-refractivity contribution in [2.45, 2.75) is 43.7 Å². The topological polar surface area (TPSA) is 96.5 Å². The van der Waals surface area contributed by atoms with Crippen LogP contribution in [0, 0.1) is 5.92 Å². The molecular formula is C20H27N3O4. The molecule has 7 heteroatoms. The van der Waals surface area contributed by atoms with Gasteiger partial charge in [0.2, 0.25) is 11.8 Å². The third-order valence-corrected chi connectivity index (χ3v) is 5.44. The first-order chi connectivity index (χ1) is 13.1. The molecule has 2 aliphatic rings. The van der Waals surface area contributed by atoms with Crippen molar-refractivity contribution >= 4 is 17.8 Å². The summed E-state index contributed by atoms with van der Waals surface area (Å²) in [5.74, 6) is -0.814. The molecular weight excluding hydrogens is 346 g/mol. The molecule has 3 rings (SSSR count). The quantitative estimate of drug-likeness (QED) is 0.638. The van der Waals surface area contributed by atoms with E-state index in [2.05, 4.69) is 28.1 Å². The number of nitrogens with one attached hydrogen (secondary N) is 3. The number of rotatable bonds is 6. The zero-order chi connectivity index (χ0) is 19.2. The Hall–Kier alpha value is -2.41. The highest BCUT2D eigenvalue weighted by molar-refractivity contribution is 5.88. The van der Waals surface area contributed by atoms with Crippen LogP contribution >= 0.6 is 0 Å². The second-order valence-corrected chi connectivity index (χ2v) is 7.25. The van der Waals surface area contributed by atoms with Crippen molar-refractivity contribution in [2.24, 2.45) is 5.92 Å². The minimum absolute atomic E-state index is 0.0625. The summed E-state index contributed by atoms with van der Waals surface area (Å²) < 4.78 is 4.84. The molecule has 2 aliphatic heterocycles. The lowest BCUT2D eigenvalue weighted by Crippen LogP contribution is -2.50. The molecule has 2 heterocycles. The lowest BCUT2D eigenvalue weighted by Gasteiger charge is -2.26. The molecule has 0 radical (unpaired) electrons. The van der Waals surface area contributed by atoms with Crippen LogP contribution in [0.15, 0.2) is 30.3 Å². The van der Waals surface area contributed by atoms with E-state index >= 15 is 0 Å². The number of methoxy groups -OCH3 is 1. The largest absolute Gasteiger partial charge is 0.467 e. The molecule has 3 N–H and O–H groups in total. The number of hydrogen-bond donors (Lipinski definition) is 3.